The molecule has 0 saturated carbocycles. The lowest BCUT2D eigenvalue weighted by Gasteiger charge is -2.04. The molecule has 6 nitrogen and oxygen atoms in total. The third kappa shape index (κ3) is 3.53. The third-order valence-electron chi connectivity index (χ3n) is 1.84. The van der Waals surface area contributed by atoms with Crippen LogP contribution in [0.2, 0.25) is 0 Å². The van der Waals surface area contributed by atoms with E-state index in [-0.39, 0.29) is 23.6 Å². The van der Waals surface area contributed by atoms with Gasteiger partial charge in [0.25, 0.3) is 0 Å². The molecule has 0 radical (unpaired) electrons. The summed E-state index contributed by atoms with van der Waals surface area (Å²) in [4.78, 5) is 31.6. The number of nitrogens with zero attached hydrogens (tertiary/aromatic N) is 1. The molecular weight excluding hydrogens is 250 g/mol. The predicted molar refractivity (Wildman–Crippen MR) is 59.5 cm³/mol. The molecule has 0 atom stereocenters. The number of hydrogen-bond donors (Lipinski definition) is 0. The molecule has 0 bridgehead atoms. The summed E-state index contributed by atoms with van der Waals surface area (Å²) in [7, 11) is 0. The van der Waals surface area contributed by atoms with E-state index in [1.165, 1.54) is 12.1 Å². The van der Waals surface area contributed by atoms with E-state index < -0.39 is 16.6 Å². The highest BCUT2D eigenvalue weighted by Gasteiger charge is 2.18. The maximum atomic E-state index is 11.1. The number of rotatable bonds is 5. The second-order valence-electron chi connectivity index (χ2n) is 3.02. The average molecular weight is 258 g/mol. The third-order valence-corrected chi connectivity index (χ3v) is 2.03. The van der Waals surface area contributed by atoms with Gasteiger partial charge in [0.15, 0.2) is 0 Å². The molecule has 0 aliphatic carbocycles. The Balaban J connectivity index is 3.02. The van der Waals surface area contributed by atoms with Gasteiger partial charge < -0.3 is 4.74 Å². The van der Waals surface area contributed by atoms with Crippen molar-refractivity contribution in [2.75, 3.05) is 5.88 Å². The summed E-state index contributed by atoms with van der Waals surface area (Å²) in [5.74, 6) is -0.795. The minimum Gasteiger partial charge on any atom is -0.419 e. The van der Waals surface area contributed by atoms with Crippen LogP contribution >= 0.6 is 11.6 Å². The summed E-state index contributed by atoms with van der Waals surface area (Å²) in [6.45, 7) is 0. The summed E-state index contributed by atoms with van der Waals surface area (Å²) in [5.41, 5.74) is -0.300. The fourth-order valence-electron chi connectivity index (χ4n) is 1.09. The van der Waals surface area contributed by atoms with Crippen LogP contribution in [0.1, 0.15) is 16.8 Å². The van der Waals surface area contributed by atoms with Crippen molar-refractivity contribution in [1.82, 2.24) is 0 Å². The van der Waals surface area contributed by atoms with E-state index >= 15 is 0 Å². The number of benzene rings is 1. The molecule has 0 aliphatic heterocycles. The van der Waals surface area contributed by atoms with Gasteiger partial charge >= 0.3 is 11.7 Å². The number of aldehydes is 1. The smallest absolute Gasteiger partial charge is 0.312 e. The van der Waals surface area contributed by atoms with Gasteiger partial charge in [0, 0.05) is 17.5 Å². The Kier molecular flexibility index (Phi) is 4.59. The van der Waals surface area contributed by atoms with Crippen LogP contribution in [0.3, 0.4) is 0 Å². The second kappa shape index (κ2) is 5.95. The van der Waals surface area contributed by atoms with E-state index in [0.29, 0.717) is 6.29 Å². The number of nitro groups is 1. The van der Waals surface area contributed by atoms with E-state index in [1.807, 2.05) is 0 Å². The first-order chi connectivity index (χ1) is 8.08. The van der Waals surface area contributed by atoms with Crippen LogP contribution < -0.4 is 4.74 Å². The number of hydrogen-bond acceptors (Lipinski definition) is 5. The van der Waals surface area contributed by atoms with Gasteiger partial charge in [-0.3, -0.25) is 19.7 Å². The van der Waals surface area contributed by atoms with Gasteiger partial charge in [-0.05, 0) is 12.1 Å². The minimum atomic E-state index is -0.726. The standard InChI is InChI=1S/C10H8ClNO5/c11-4-3-10(14)17-9-2-1-7(6-13)5-8(9)12(15)16/h1-2,5-6H,3-4H2. The first-order valence-electron chi connectivity index (χ1n) is 4.58. The van der Waals surface area contributed by atoms with Crippen LogP contribution in [-0.2, 0) is 4.79 Å². The molecule has 0 aliphatic rings. The monoisotopic (exact) mass is 257 g/mol. The first kappa shape index (κ1) is 13.1. The van der Waals surface area contributed by atoms with Crippen molar-refractivity contribution in [3.63, 3.8) is 0 Å². The molecule has 0 amide bonds. The molecule has 0 spiro atoms. The molecule has 1 rings (SSSR count). The number of carbonyl (C=O) groups is 2. The van der Waals surface area contributed by atoms with E-state index in [9.17, 15) is 19.7 Å². The molecule has 0 heterocycles. The molecule has 0 aromatic heterocycles. The molecular formula is C10H8ClNO5. The van der Waals surface area contributed by atoms with Gasteiger partial charge in [0.05, 0.1) is 11.3 Å². The molecule has 7 heteroatoms. The van der Waals surface area contributed by atoms with Crippen LogP contribution in [0, 0.1) is 10.1 Å². The van der Waals surface area contributed by atoms with Gasteiger partial charge in [-0.2, -0.15) is 0 Å². The van der Waals surface area contributed by atoms with Gasteiger partial charge in [-0.1, -0.05) is 0 Å². The van der Waals surface area contributed by atoms with Crippen molar-refractivity contribution >= 4 is 29.5 Å². The Morgan fingerprint density at radius 1 is 1.53 bits per heavy atom. The molecule has 1 aromatic carbocycles. The van der Waals surface area contributed by atoms with Crippen molar-refractivity contribution in [2.24, 2.45) is 0 Å². The Bertz CT molecular complexity index is 460. The van der Waals surface area contributed by atoms with Crippen LogP contribution in [0.4, 0.5) is 5.69 Å². The molecule has 0 N–H and O–H groups in total. The lowest BCUT2D eigenvalue weighted by atomic mass is 10.2. The van der Waals surface area contributed by atoms with E-state index in [2.05, 4.69) is 0 Å². The van der Waals surface area contributed by atoms with Gasteiger partial charge in [0.1, 0.15) is 6.29 Å². The van der Waals surface area contributed by atoms with Gasteiger partial charge in [-0.15, -0.1) is 11.6 Å². The highest BCUT2D eigenvalue weighted by molar-refractivity contribution is 6.18. The lowest BCUT2D eigenvalue weighted by molar-refractivity contribution is -0.385. The Morgan fingerprint density at radius 3 is 2.76 bits per heavy atom. The molecule has 0 fully saturated rings. The summed E-state index contributed by atoms with van der Waals surface area (Å²) in [6, 6.07) is 3.56. The highest BCUT2D eigenvalue weighted by Crippen LogP contribution is 2.27. The number of nitro benzene ring substituents is 1. The molecule has 0 unspecified atom stereocenters. The SMILES string of the molecule is O=Cc1ccc(OC(=O)CCCl)c([N+](=O)[O-])c1. The maximum absolute atomic E-state index is 11.1. The summed E-state index contributed by atoms with van der Waals surface area (Å²) < 4.78 is 4.77. The zero-order valence-corrected chi connectivity index (χ0v) is 9.35. The van der Waals surface area contributed by atoms with Crippen molar-refractivity contribution in [1.29, 1.82) is 0 Å². The number of esters is 1. The zero-order chi connectivity index (χ0) is 12.8. The second-order valence-corrected chi connectivity index (χ2v) is 3.39. The van der Waals surface area contributed by atoms with Gasteiger partial charge in [0.2, 0.25) is 5.75 Å². The van der Waals surface area contributed by atoms with Crippen LogP contribution in [0.15, 0.2) is 18.2 Å². The maximum Gasteiger partial charge on any atom is 0.312 e. The fourth-order valence-corrected chi connectivity index (χ4v) is 1.24. The number of ether oxygens (including phenoxy) is 1. The zero-order valence-electron chi connectivity index (χ0n) is 8.59. The molecule has 0 saturated heterocycles. The number of halogens is 1. The van der Waals surface area contributed by atoms with E-state index in [1.54, 1.807) is 0 Å². The van der Waals surface area contributed by atoms with Crippen LogP contribution in [0.25, 0.3) is 0 Å². The normalized spacial score (nSPS) is 9.71. The minimum absolute atomic E-state index is 0.0475. The van der Waals surface area contributed by atoms with Crippen LogP contribution in [-0.4, -0.2) is 23.1 Å². The molecule has 90 valence electrons. The van der Waals surface area contributed by atoms with Crippen molar-refractivity contribution < 1.29 is 19.2 Å². The Morgan fingerprint density at radius 2 is 2.24 bits per heavy atom. The highest BCUT2D eigenvalue weighted by atomic mass is 35.5. The van der Waals surface area contributed by atoms with Crippen molar-refractivity contribution in [3.8, 4) is 5.75 Å². The number of alkyl halides is 1. The fraction of sp³-hybridized carbons (Fsp3) is 0.200. The Hall–Kier alpha value is -1.95. The molecule has 1 aromatic rings. The summed E-state index contributed by atoms with van der Waals surface area (Å²) in [5, 5.41) is 10.7. The summed E-state index contributed by atoms with van der Waals surface area (Å²) >= 11 is 5.33. The van der Waals surface area contributed by atoms with Gasteiger partial charge in [-0.25, -0.2) is 0 Å². The topological polar surface area (TPSA) is 86.5 Å². The van der Waals surface area contributed by atoms with Crippen molar-refractivity contribution in [3.05, 3.63) is 33.9 Å². The largest absolute Gasteiger partial charge is 0.419 e. The lowest BCUT2D eigenvalue weighted by Crippen LogP contribution is -2.09. The van der Waals surface area contributed by atoms with E-state index in [0.717, 1.165) is 6.07 Å². The number of carbonyl (C=O) groups excluding carboxylic acids is 2. The average Bonchev–Trinajstić information content (AvgIpc) is 2.29. The van der Waals surface area contributed by atoms with Crippen molar-refractivity contribution in [2.45, 2.75) is 6.42 Å². The predicted octanol–water partition coefficient (Wildman–Crippen LogP) is 1.94. The van der Waals surface area contributed by atoms with Crippen LogP contribution in [0.5, 0.6) is 5.75 Å². The van der Waals surface area contributed by atoms with E-state index in [4.69, 9.17) is 16.3 Å². The quantitative estimate of drug-likeness (QED) is 0.201. The Labute approximate surface area is 101 Å². The summed E-state index contributed by atoms with van der Waals surface area (Å²) in [6.07, 6.45) is 0.422. The first-order valence-corrected chi connectivity index (χ1v) is 5.12. The molecule has 17 heavy (non-hydrogen) atoms.